The second-order valence-corrected chi connectivity index (χ2v) is 7.43. The van der Waals surface area contributed by atoms with E-state index in [1.54, 1.807) is 0 Å². The lowest BCUT2D eigenvalue weighted by Gasteiger charge is -2.24. The Morgan fingerprint density at radius 3 is 2.21 bits per heavy atom. The molecule has 0 saturated heterocycles. The summed E-state index contributed by atoms with van der Waals surface area (Å²) in [5.74, 6) is 0.466. The van der Waals surface area contributed by atoms with Gasteiger partial charge in [0.1, 0.15) is 6.04 Å². The zero-order valence-electron chi connectivity index (χ0n) is 15.3. The lowest BCUT2D eigenvalue weighted by atomic mass is 9.83. The fraction of sp³-hybridized carbons (Fsp3) is 0.381. The van der Waals surface area contributed by atoms with Crippen molar-refractivity contribution in [2.75, 3.05) is 6.61 Å². The minimum absolute atomic E-state index is 0.115. The largest absolute Gasteiger partial charge is 0.480 e. The van der Waals surface area contributed by atoms with Crippen molar-refractivity contribution < 1.29 is 19.4 Å². The summed E-state index contributed by atoms with van der Waals surface area (Å²) < 4.78 is 5.47. The molecule has 5 atom stereocenters. The van der Waals surface area contributed by atoms with Crippen LogP contribution in [0.1, 0.15) is 5.69 Å². The highest BCUT2D eigenvalue weighted by molar-refractivity contribution is 5.80. The predicted octanol–water partition coefficient (Wildman–Crippen LogP) is 2.48. The van der Waals surface area contributed by atoms with Crippen molar-refractivity contribution in [3.63, 3.8) is 0 Å². The van der Waals surface area contributed by atoms with E-state index >= 15 is 0 Å². The number of rotatable bonds is 6. The van der Waals surface area contributed by atoms with Gasteiger partial charge in [0.05, 0.1) is 12.9 Å². The number of carbonyl (C=O) groups is 2. The Morgan fingerprint density at radius 1 is 1.07 bits per heavy atom. The number of carbonyl (C=O) groups excluding carboxylic acids is 1. The third-order valence-corrected chi connectivity index (χ3v) is 5.85. The fourth-order valence-electron chi connectivity index (χ4n) is 4.56. The van der Waals surface area contributed by atoms with Crippen LogP contribution in [-0.4, -0.2) is 39.8 Å². The van der Waals surface area contributed by atoms with Crippen LogP contribution in [0.3, 0.4) is 0 Å². The van der Waals surface area contributed by atoms with Crippen LogP contribution in [0.5, 0.6) is 0 Å². The number of amides is 1. The van der Waals surface area contributed by atoms with E-state index < -0.39 is 18.1 Å². The summed E-state index contributed by atoms with van der Waals surface area (Å²) >= 11 is 0. The van der Waals surface area contributed by atoms with Crippen molar-refractivity contribution >= 4 is 12.1 Å². The van der Waals surface area contributed by atoms with Crippen molar-refractivity contribution in [2.24, 2.45) is 29.6 Å². The first kappa shape index (κ1) is 18.3. The molecule has 4 rings (SSSR count). The molecule has 1 heterocycles. The number of alkyl carbamates (subject to hydrolysis) is 1. The number of H-pyrrole nitrogens is 1. The summed E-state index contributed by atoms with van der Waals surface area (Å²) in [6, 6.07) is -1.08. The summed E-state index contributed by atoms with van der Waals surface area (Å²) in [4.78, 5) is 30.4. The molecule has 1 aromatic heterocycles. The number of nitrogens with zero attached hydrogens (tertiary/aromatic N) is 1. The molecule has 4 unspecified atom stereocenters. The van der Waals surface area contributed by atoms with Crippen molar-refractivity contribution in [2.45, 2.75) is 12.5 Å². The number of hydrogen-bond acceptors (Lipinski definition) is 4. The molecule has 0 radical (unpaired) electrons. The average Bonchev–Trinajstić information content (AvgIpc) is 3.32. The zero-order chi connectivity index (χ0) is 19.5. The molecule has 0 spiro atoms. The highest BCUT2D eigenvalue weighted by Gasteiger charge is 2.47. The maximum absolute atomic E-state index is 12.3. The number of aromatic amines is 1. The standard InChI is InChI=1S/C21H23N3O4/c25-20(26)19(9-13-10-22-12-23-13)24-21(27)28-11-18-16-7-3-1-5-14(16)15-6-2-4-8-17(15)18/h1-8,10,12,14-19H,9,11H2,(H,22,23)(H,24,27)(H,25,26)/t14?,15?,16?,17?,18?,19-/m0/s1. The van der Waals surface area contributed by atoms with Gasteiger partial charge >= 0.3 is 12.1 Å². The average molecular weight is 381 g/mol. The maximum Gasteiger partial charge on any atom is 0.407 e. The van der Waals surface area contributed by atoms with Gasteiger partial charge in [0.2, 0.25) is 0 Å². The van der Waals surface area contributed by atoms with Gasteiger partial charge < -0.3 is 20.1 Å². The number of aliphatic carboxylic acids is 1. The molecule has 7 heteroatoms. The van der Waals surface area contributed by atoms with Gasteiger partial charge in [-0.25, -0.2) is 14.6 Å². The smallest absolute Gasteiger partial charge is 0.407 e. The normalized spacial score (nSPS) is 30.5. The van der Waals surface area contributed by atoms with Crippen LogP contribution in [-0.2, 0) is 16.0 Å². The van der Waals surface area contributed by atoms with Gasteiger partial charge in [-0.1, -0.05) is 48.6 Å². The number of aromatic nitrogens is 2. The third kappa shape index (κ3) is 3.65. The summed E-state index contributed by atoms with van der Waals surface area (Å²) in [5.41, 5.74) is 0.632. The van der Waals surface area contributed by atoms with Crippen molar-refractivity contribution in [1.82, 2.24) is 15.3 Å². The molecule has 1 saturated carbocycles. The number of nitrogens with one attached hydrogen (secondary N) is 2. The summed E-state index contributed by atoms with van der Waals surface area (Å²) in [7, 11) is 0. The first-order valence-corrected chi connectivity index (χ1v) is 9.47. The lowest BCUT2D eigenvalue weighted by Crippen LogP contribution is -2.43. The summed E-state index contributed by atoms with van der Waals surface area (Å²) in [5, 5.41) is 11.8. The topological polar surface area (TPSA) is 104 Å². The Hall–Kier alpha value is -3.09. The Kier molecular flexibility index (Phi) is 5.14. The molecular weight excluding hydrogens is 358 g/mol. The Labute approximate surface area is 162 Å². The number of carboxylic acid groups (broad SMARTS) is 1. The quantitative estimate of drug-likeness (QED) is 0.702. The monoisotopic (exact) mass is 381 g/mol. The van der Waals surface area contributed by atoms with Gasteiger partial charge in [-0.2, -0.15) is 0 Å². The number of imidazole rings is 1. The molecule has 0 aliphatic heterocycles. The van der Waals surface area contributed by atoms with E-state index in [9.17, 15) is 14.7 Å². The van der Waals surface area contributed by atoms with Crippen molar-refractivity contribution in [1.29, 1.82) is 0 Å². The molecule has 1 amide bonds. The highest BCUT2D eigenvalue weighted by Crippen LogP contribution is 2.51. The third-order valence-electron chi connectivity index (χ3n) is 5.85. The number of allylic oxidation sites excluding steroid dienone is 8. The highest BCUT2D eigenvalue weighted by atomic mass is 16.5. The number of carboxylic acids is 1. The SMILES string of the molecule is O=C(N[C@@H](Cc1cnc[nH]1)C(=O)O)OCC1C2C=CC=CC2C2C=CC=CC21. The first-order chi connectivity index (χ1) is 13.6. The second-order valence-electron chi connectivity index (χ2n) is 7.43. The molecule has 3 aliphatic rings. The molecule has 1 fully saturated rings. The van der Waals surface area contributed by atoms with Crippen LogP contribution in [0.4, 0.5) is 4.79 Å². The van der Waals surface area contributed by atoms with Crippen LogP contribution >= 0.6 is 0 Å². The van der Waals surface area contributed by atoms with Gasteiger partial charge in [0.25, 0.3) is 0 Å². The molecule has 1 aromatic rings. The van der Waals surface area contributed by atoms with Crippen LogP contribution in [0.15, 0.2) is 61.1 Å². The predicted molar refractivity (Wildman–Crippen MR) is 102 cm³/mol. The van der Waals surface area contributed by atoms with Crippen LogP contribution in [0.25, 0.3) is 0 Å². The maximum atomic E-state index is 12.3. The molecular formula is C21H23N3O4. The van der Waals surface area contributed by atoms with Gasteiger partial charge in [0.15, 0.2) is 0 Å². The van der Waals surface area contributed by atoms with E-state index in [1.807, 2.05) is 12.2 Å². The van der Waals surface area contributed by atoms with Crippen LogP contribution in [0, 0.1) is 29.6 Å². The van der Waals surface area contributed by atoms with E-state index in [1.165, 1.54) is 12.5 Å². The number of fused-ring (bicyclic) bond motifs is 3. The van der Waals surface area contributed by atoms with Gasteiger partial charge in [-0.05, 0) is 23.7 Å². The molecule has 3 aliphatic carbocycles. The Balaban J connectivity index is 1.37. The lowest BCUT2D eigenvalue weighted by molar-refractivity contribution is -0.139. The van der Waals surface area contributed by atoms with E-state index in [0.717, 1.165) is 0 Å². The van der Waals surface area contributed by atoms with E-state index in [2.05, 4.69) is 51.7 Å². The van der Waals surface area contributed by atoms with Gasteiger partial charge in [-0.15, -0.1) is 0 Å². The van der Waals surface area contributed by atoms with E-state index in [-0.39, 0.29) is 18.9 Å². The van der Waals surface area contributed by atoms with Crippen LogP contribution in [0.2, 0.25) is 0 Å². The van der Waals surface area contributed by atoms with Gasteiger partial charge in [-0.3, -0.25) is 0 Å². The number of hydrogen-bond donors (Lipinski definition) is 3. The molecule has 146 valence electrons. The van der Waals surface area contributed by atoms with E-state index in [4.69, 9.17) is 4.74 Å². The summed E-state index contributed by atoms with van der Waals surface area (Å²) in [6.07, 6.45) is 19.5. The van der Waals surface area contributed by atoms with Gasteiger partial charge in [0, 0.05) is 24.2 Å². The minimum Gasteiger partial charge on any atom is -0.480 e. The van der Waals surface area contributed by atoms with Crippen LogP contribution < -0.4 is 5.32 Å². The summed E-state index contributed by atoms with van der Waals surface area (Å²) in [6.45, 7) is 0.251. The molecule has 0 aromatic carbocycles. The Morgan fingerprint density at radius 2 is 1.68 bits per heavy atom. The fourth-order valence-corrected chi connectivity index (χ4v) is 4.56. The zero-order valence-corrected chi connectivity index (χ0v) is 15.3. The molecule has 3 N–H and O–H groups in total. The minimum atomic E-state index is -1.12. The van der Waals surface area contributed by atoms with E-state index in [0.29, 0.717) is 29.4 Å². The second kappa shape index (κ2) is 7.88. The number of ether oxygens (including phenoxy) is 1. The molecule has 7 nitrogen and oxygen atoms in total. The Bertz CT molecular complexity index is 806. The van der Waals surface area contributed by atoms with Crippen molar-refractivity contribution in [3.05, 3.63) is 66.8 Å². The molecule has 0 bridgehead atoms. The molecule has 28 heavy (non-hydrogen) atoms. The van der Waals surface area contributed by atoms with Crippen molar-refractivity contribution in [3.8, 4) is 0 Å². The first-order valence-electron chi connectivity index (χ1n) is 9.47.